The molecule has 1 aliphatic rings. The van der Waals surface area contributed by atoms with Crippen LogP contribution in [0.1, 0.15) is 30.3 Å². The van der Waals surface area contributed by atoms with E-state index in [-0.39, 0.29) is 6.04 Å². The van der Waals surface area contributed by atoms with Crippen molar-refractivity contribution in [2.45, 2.75) is 25.4 Å². The van der Waals surface area contributed by atoms with Crippen LogP contribution < -0.4 is 0 Å². The van der Waals surface area contributed by atoms with Gasteiger partial charge in [0.25, 0.3) is 0 Å². The summed E-state index contributed by atoms with van der Waals surface area (Å²) in [5.41, 5.74) is 4.93. The van der Waals surface area contributed by atoms with Crippen LogP contribution in [0.5, 0.6) is 0 Å². The van der Waals surface area contributed by atoms with E-state index in [9.17, 15) is 0 Å². The highest BCUT2D eigenvalue weighted by molar-refractivity contribution is 7.07. The summed E-state index contributed by atoms with van der Waals surface area (Å²) < 4.78 is 1.99. The number of nitrogens with zero attached hydrogens (tertiary/aromatic N) is 6. The second kappa shape index (κ2) is 6.17. The zero-order chi connectivity index (χ0) is 15.6. The van der Waals surface area contributed by atoms with E-state index in [0.717, 1.165) is 42.4 Å². The SMILES string of the molecule is Cn1ccnc1-c1nccnc1[C@@H]1CCCN1Cc1cscn1. The Morgan fingerprint density at radius 1 is 1.17 bits per heavy atom. The maximum Gasteiger partial charge on any atom is 0.160 e. The number of likely N-dealkylation sites (tertiary alicyclic amines) is 1. The van der Waals surface area contributed by atoms with Gasteiger partial charge in [-0.2, -0.15) is 0 Å². The van der Waals surface area contributed by atoms with Crippen molar-refractivity contribution in [2.75, 3.05) is 6.54 Å². The first-order valence-corrected chi connectivity index (χ1v) is 8.67. The molecule has 6 nitrogen and oxygen atoms in total. The number of aryl methyl sites for hydroxylation is 1. The molecule has 4 rings (SSSR count). The Hall–Kier alpha value is -2.12. The van der Waals surface area contributed by atoms with Gasteiger partial charge >= 0.3 is 0 Å². The molecule has 0 N–H and O–H groups in total. The number of imidazole rings is 1. The maximum absolute atomic E-state index is 4.66. The molecule has 1 saturated heterocycles. The molecule has 118 valence electrons. The number of thiazole rings is 1. The number of hydrogen-bond donors (Lipinski definition) is 0. The van der Waals surface area contributed by atoms with Gasteiger partial charge in [0.1, 0.15) is 5.69 Å². The molecular formula is C16H18N6S. The Bertz CT molecular complexity index is 781. The van der Waals surface area contributed by atoms with Gasteiger partial charge in [-0.15, -0.1) is 11.3 Å². The molecule has 4 heterocycles. The van der Waals surface area contributed by atoms with Gasteiger partial charge in [-0.3, -0.25) is 9.88 Å². The highest BCUT2D eigenvalue weighted by Gasteiger charge is 2.30. The average molecular weight is 326 g/mol. The molecule has 0 radical (unpaired) electrons. The van der Waals surface area contributed by atoms with Crippen LogP contribution >= 0.6 is 11.3 Å². The standard InChI is InChI=1S/C16H18N6S/c1-21-8-6-19-16(21)15-14(17-4-5-18-15)13-3-2-7-22(13)9-12-10-23-11-20-12/h4-6,8,10-11,13H,2-3,7,9H2,1H3/t13-/m0/s1. The normalized spacial score (nSPS) is 18.6. The molecule has 1 atom stereocenters. The summed E-state index contributed by atoms with van der Waals surface area (Å²) in [4.78, 5) is 20.6. The van der Waals surface area contributed by atoms with Crippen molar-refractivity contribution in [1.82, 2.24) is 29.4 Å². The fourth-order valence-corrected chi connectivity index (χ4v) is 3.76. The van der Waals surface area contributed by atoms with Crippen molar-refractivity contribution in [3.63, 3.8) is 0 Å². The molecule has 23 heavy (non-hydrogen) atoms. The summed E-state index contributed by atoms with van der Waals surface area (Å²) in [7, 11) is 1.99. The summed E-state index contributed by atoms with van der Waals surface area (Å²) in [6, 6.07) is 0.275. The topological polar surface area (TPSA) is 59.7 Å². The first kappa shape index (κ1) is 14.5. The van der Waals surface area contributed by atoms with Gasteiger partial charge in [0.15, 0.2) is 5.82 Å². The molecule has 3 aromatic rings. The van der Waals surface area contributed by atoms with Gasteiger partial charge in [0, 0.05) is 43.8 Å². The smallest absolute Gasteiger partial charge is 0.160 e. The van der Waals surface area contributed by atoms with Crippen LogP contribution in [0.4, 0.5) is 0 Å². The lowest BCUT2D eigenvalue weighted by molar-refractivity contribution is 0.242. The van der Waals surface area contributed by atoms with E-state index in [1.165, 1.54) is 6.42 Å². The van der Waals surface area contributed by atoms with Crippen molar-refractivity contribution in [2.24, 2.45) is 7.05 Å². The van der Waals surface area contributed by atoms with E-state index in [1.54, 1.807) is 29.9 Å². The van der Waals surface area contributed by atoms with Gasteiger partial charge in [0.2, 0.25) is 0 Å². The van der Waals surface area contributed by atoms with Crippen molar-refractivity contribution in [3.05, 3.63) is 47.1 Å². The third kappa shape index (κ3) is 2.77. The quantitative estimate of drug-likeness (QED) is 0.738. The molecule has 0 unspecified atom stereocenters. The fourth-order valence-electron chi connectivity index (χ4n) is 3.21. The lowest BCUT2D eigenvalue weighted by Crippen LogP contribution is -2.24. The van der Waals surface area contributed by atoms with Crippen LogP contribution in [0.15, 0.2) is 35.7 Å². The van der Waals surface area contributed by atoms with Gasteiger partial charge < -0.3 is 4.57 Å². The molecular weight excluding hydrogens is 308 g/mol. The summed E-state index contributed by atoms with van der Waals surface area (Å²) >= 11 is 1.64. The molecule has 0 spiro atoms. The molecule has 1 fully saturated rings. The number of hydrogen-bond acceptors (Lipinski definition) is 6. The zero-order valence-electron chi connectivity index (χ0n) is 13.0. The third-order valence-corrected chi connectivity index (χ3v) is 4.92. The lowest BCUT2D eigenvalue weighted by atomic mass is 10.1. The minimum atomic E-state index is 0.275. The predicted octanol–water partition coefficient (Wildman–Crippen LogP) is 2.67. The maximum atomic E-state index is 4.66. The zero-order valence-corrected chi connectivity index (χ0v) is 13.8. The molecule has 0 bridgehead atoms. The molecule has 0 aliphatic carbocycles. The largest absolute Gasteiger partial charge is 0.333 e. The summed E-state index contributed by atoms with van der Waals surface area (Å²) in [6.45, 7) is 1.93. The minimum Gasteiger partial charge on any atom is -0.333 e. The van der Waals surface area contributed by atoms with Crippen LogP contribution in [0.3, 0.4) is 0 Å². The van der Waals surface area contributed by atoms with E-state index >= 15 is 0 Å². The first-order valence-electron chi connectivity index (χ1n) is 7.72. The van der Waals surface area contributed by atoms with Crippen LogP contribution in [0, 0.1) is 0 Å². The number of rotatable bonds is 4. The lowest BCUT2D eigenvalue weighted by Gasteiger charge is -2.24. The van der Waals surface area contributed by atoms with Crippen molar-refractivity contribution in [3.8, 4) is 11.5 Å². The van der Waals surface area contributed by atoms with E-state index in [4.69, 9.17) is 0 Å². The molecule has 0 saturated carbocycles. The molecule has 0 aromatic carbocycles. The van der Waals surface area contributed by atoms with Gasteiger partial charge in [-0.1, -0.05) is 0 Å². The Labute approximate surface area is 138 Å². The Balaban J connectivity index is 1.68. The first-order chi connectivity index (χ1) is 11.3. The van der Waals surface area contributed by atoms with Crippen LogP contribution in [-0.2, 0) is 13.6 Å². The monoisotopic (exact) mass is 326 g/mol. The van der Waals surface area contributed by atoms with E-state index < -0.39 is 0 Å². The third-order valence-electron chi connectivity index (χ3n) is 4.29. The molecule has 7 heteroatoms. The van der Waals surface area contributed by atoms with Gasteiger partial charge in [0.05, 0.1) is 22.9 Å². The second-order valence-corrected chi connectivity index (χ2v) is 6.48. The Morgan fingerprint density at radius 3 is 2.87 bits per heavy atom. The summed E-state index contributed by atoms with van der Waals surface area (Å²) in [5.74, 6) is 0.869. The van der Waals surface area contributed by atoms with Crippen LogP contribution in [0.25, 0.3) is 11.5 Å². The highest BCUT2D eigenvalue weighted by atomic mass is 32.1. The summed E-state index contributed by atoms with van der Waals surface area (Å²) in [5, 5.41) is 2.12. The Morgan fingerprint density at radius 2 is 2.09 bits per heavy atom. The molecule has 1 aliphatic heterocycles. The van der Waals surface area contributed by atoms with Crippen LogP contribution in [0.2, 0.25) is 0 Å². The van der Waals surface area contributed by atoms with E-state index in [0.29, 0.717) is 0 Å². The van der Waals surface area contributed by atoms with Crippen molar-refractivity contribution >= 4 is 11.3 Å². The van der Waals surface area contributed by atoms with E-state index in [2.05, 4.69) is 30.2 Å². The minimum absolute atomic E-state index is 0.275. The molecule has 3 aromatic heterocycles. The predicted molar refractivity (Wildman–Crippen MR) is 88.7 cm³/mol. The van der Waals surface area contributed by atoms with Crippen molar-refractivity contribution < 1.29 is 0 Å². The van der Waals surface area contributed by atoms with E-state index in [1.807, 2.05) is 23.3 Å². The van der Waals surface area contributed by atoms with Gasteiger partial charge in [-0.25, -0.2) is 15.0 Å². The van der Waals surface area contributed by atoms with Crippen LogP contribution in [-0.4, -0.2) is 35.9 Å². The highest BCUT2D eigenvalue weighted by Crippen LogP contribution is 2.35. The molecule has 0 amide bonds. The Kier molecular flexibility index (Phi) is 3.88. The fraction of sp³-hybridized carbons (Fsp3) is 0.375. The van der Waals surface area contributed by atoms with Gasteiger partial charge in [-0.05, 0) is 19.4 Å². The summed E-state index contributed by atoms with van der Waals surface area (Å²) in [6.07, 6.45) is 9.53. The van der Waals surface area contributed by atoms with Crippen molar-refractivity contribution in [1.29, 1.82) is 0 Å². The average Bonchev–Trinajstić information content (AvgIpc) is 3.30. The second-order valence-electron chi connectivity index (χ2n) is 5.76. The number of aromatic nitrogens is 5.